The fourth-order valence-electron chi connectivity index (χ4n) is 3.89. The van der Waals surface area contributed by atoms with Gasteiger partial charge in [0.15, 0.2) is 0 Å². The largest absolute Gasteiger partial charge is 0.475 e. The molecule has 2 fully saturated rings. The molecule has 1 aromatic heterocycles. The third kappa shape index (κ3) is 5.99. The number of ether oxygens (including phenoxy) is 2. The van der Waals surface area contributed by atoms with Crippen LogP contribution in [0, 0.1) is 11.3 Å². The zero-order valence-electron chi connectivity index (χ0n) is 17.8. The normalized spacial score (nSPS) is 20.2. The molecule has 1 N–H and O–H groups in total. The number of amides is 2. The predicted molar refractivity (Wildman–Crippen MR) is 102 cm³/mol. The molecule has 33 heavy (non-hydrogen) atoms. The summed E-state index contributed by atoms with van der Waals surface area (Å²) in [5.41, 5.74) is 0.0205. The Hall–Kier alpha value is -2.73. The van der Waals surface area contributed by atoms with Gasteiger partial charge in [0, 0.05) is 25.1 Å². The summed E-state index contributed by atoms with van der Waals surface area (Å²) in [6.45, 7) is 3.49. The maximum absolute atomic E-state index is 12.6. The highest BCUT2D eigenvalue weighted by Crippen LogP contribution is 2.59. The summed E-state index contributed by atoms with van der Waals surface area (Å²) in [7, 11) is 0. The van der Waals surface area contributed by atoms with Crippen LogP contribution in [0.1, 0.15) is 33.1 Å². The quantitative estimate of drug-likeness (QED) is 0.622. The Morgan fingerprint density at radius 3 is 2.21 bits per heavy atom. The fourth-order valence-corrected chi connectivity index (χ4v) is 3.89. The zero-order chi connectivity index (χ0) is 24.6. The summed E-state index contributed by atoms with van der Waals surface area (Å²) in [6, 6.07) is 3.24. The number of halogens is 6. The minimum atomic E-state index is -5.77. The SMILES string of the molecule is CC(C)Oc1ccc(NC(=O)C2CC23CCN(C(=O)OC(C(F)(F)F)C(F)(F)F)CC3)cn1. The minimum Gasteiger partial charge on any atom is -0.475 e. The van der Waals surface area contributed by atoms with Gasteiger partial charge in [-0.3, -0.25) is 4.79 Å². The number of carbonyl (C=O) groups is 2. The van der Waals surface area contributed by atoms with Gasteiger partial charge in [-0.15, -0.1) is 0 Å². The van der Waals surface area contributed by atoms with Crippen LogP contribution in [0.2, 0.25) is 0 Å². The number of nitrogens with zero attached hydrogens (tertiary/aromatic N) is 2. The summed E-state index contributed by atoms with van der Waals surface area (Å²) in [4.78, 5) is 29.4. The molecule has 2 aliphatic rings. The van der Waals surface area contributed by atoms with E-state index in [0.29, 0.717) is 18.0 Å². The fraction of sp³-hybridized carbons (Fsp3) is 0.650. The highest BCUT2D eigenvalue weighted by molar-refractivity contribution is 5.95. The lowest BCUT2D eigenvalue weighted by Crippen LogP contribution is -2.49. The van der Waals surface area contributed by atoms with Crippen molar-refractivity contribution in [3.05, 3.63) is 18.3 Å². The van der Waals surface area contributed by atoms with E-state index < -0.39 is 30.0 Å². The van der Waals surface area contributed by atoms with Gasteiger partial charge in [0.2, 0.25) is 11.8 Å². The number of alkyl halides is 6. The number of piperidine rings is 1. The molecule has 1 unspecified atom stereocenters. The Kier molecular flexibility index (Phi) is 6.72. The number of hydrogen-bond acceptors (Lipinski definition) is 5. The number of rotatable bonds is 5. The van der Waals surface area contributed by atoms with E-state index in [-0.39, 0.29) is 43.9 Å². The molecule has 184 valence electrons. The zero-order valence-corrected chi connectivity index (χ0v) is 17.8. The van der Waals surface area contributed by atoms with Crippen LogP contribution in [0.4, 0.5) is 36.8 Å². The van der Waals surface area contributed by atoms with E-state index in [1.54, 1.807) is 12.1 Å². The number of anilines is 1. The third-order valence-corrected chi connectivity index (χ3v) is 5.70. The van der Waals surface area contributed by atoms with Gasteiger partial charge in [0.1, 0.15) is 0 Å². The van der Waals surface area contributed by atoms with Gasteiger partial charge in [-0.25, -0.2) is 9.78 Å². The van der Waals surface area contributed by atoms with Crippen LogP contribution in [0.25, 0.3) is 0 Å². The van der Waals surface area contributed by atoms with Crippen molar-refractivity contribution in [1.29, 1.82) is 0 Å². The summed E-state index contributed by atoms with van der Waals surface area (Å²) in [5.74, 6) is -0.233. The first kappa shape index (κ1) is 24.9. The van der Waals surface area contributed by atoms with Crippen molar-refractivity contribution in [3.63, 3.8) is 0 Å². The molecule has 1 aliphatic heterocycles. The molecule has 1 spiro atoms. The number of nitrogens with one attached hydrogen (secondary N) is 1. The lowest BCUT2D eigenvalue weighted by atomic mass is 9.91. The van der Waals surface area contributed by atoms with Crippen molar-refractivity contribution in [2.45, 2.75) is 57.7 Å². The Labute approximate surface area is 185 Å². The van der Waals surface area contributed by atoms with Crippen LogP contribution < -0.4 is 10.1 Å². The molecule has 0 bridgehead atoms. The summed E-state index contributed by atoms with van der Waals surface area (Å²) in [5, 5.41) is 2.74. The first-order valence-corrected chi connectivity index (χ1v) is 10.2. The second-order valence-electron chi connectivity index (χ2n) is 8.49. The highest BCUT2D eigenvalue weighted by Gasteiger charge is 2.61. The Morgan fingerprint density at radius 1 is 1.12 bits per heavy atom. The summed E-state index contributed by atoms with van der Waals surface area (Å²) < 4.78 is 84.8. The van der Waals surface area contributed by atoms with Crippen molar-refractivity contribution < 1.29 is 45.4 Å². The van der Waals surface area contributed by atoms with Crippen LogP contribution in [0.15, 0.2) is 18.3 Å². The van der Waals surface area contributed by atoms with E-state index in [1.807, 2.05) is 13.8 Å². The third-order valence-electron chi connectivity index (χ3n) is 5.70. The van der Waals surface area contributed by atoms with Crippen LogP contribution in [0.3, 0.4) is 0 Å². The number of hydrogen-bond donors (Lipinski definition) is 1. The van der Waals surface area contributed by atoms with Gasteiger partial charge in [-0.2, -0.15) is 26.3 Å². The van der Waals surface area contributed by atoms with Gasteiger partial charge in [-0.05, 0) is 44.6 Å². The topological polar surface area (TPSA) is 80.8 Å². The molecular weight excluding hydrogens is 460 g/mol. The molecule has 3 rings (SSSR count). The number of pyridine rings is 1. The van der Waals surface area contributed by atoms with E-state index >= 15 is 0 Å². The van der Waals surface area contributed by atoms with Crippen LogP contribution >= 0.6 is 0 Å². The van der Waals surface area contributed by atoms with Crippen molar-refractivity contribution in [2.24, 2.45) is 11.3 Å². The standard InChI is InChI=1S/C20H23F6N3O4/c1-11(2)32-14-4-3-12(10-27-14)28-15(30)13-9-18(13)5-7-29(8-6-18)17(31)33-16(19(21,22)23)20(24,25)26/h3-4,10-11,13,16H,5-9H2,1-2H3,(H,28,30). The maximum Gasteiger partial charge on any atom is 0.434 e. The molecule has 1 aromatic rings. The van der Waals surface area contributed by atoms with Crippen molar-refractivity contribution in [2.75, 3.05) is 18.4 Å². The van der Waals surface area contributed by atoms with Gasteiger partial charge in [-0.1, -0.05) is 0 Å². The first-order chi connectivity index (χ1) is 15.2. The van der Waals surface area contributed by atoms with E-state index in [9.17, 15) is 35.9 Å². The molecule has 1 aliphatic carbocycles. The van der Waals surface area contributed by atoms with Crippen molar-refractivity contribution >= 4 is 17.7 Å². The van der Waals surface area contributed by atoms with Gasteiger partial charge in [0.25, 0.3) is 6.10 Å². The first-order valence-electron chi connectivity index (χ1n) is 10.2. The second kappa shape index (κ2) is 8.90. The second-order valence-corrected chi connectivity index (χ2v) is 8.49. The van der Waals surface area contributed by atoms with Crippen molar-refractivity contribution in [3.8, 4) is 5.88 Å². The molecular formula is C20H23F6N3O4. The molecule has 1 saturated heterocycles. The average molecular weight is 483 g/mol. The summed E-state index contributed by atoms with van der Waals surface area (Å²) >= 11 is 0. The molecule has 0 aromatic carbocycles. The lowest BCUT2D eigenvalue weighted by Gasteiger charge is -2.33. The predicted octanol–water partition coefficient (Wildman–Crippen LogP) is 4.54. The van der Waals surface area contributed by atoms with E-state index in [1.165, 1.54) is 6.20 Å². The molecule has 1 atom stereocenters. The highest BCUT2D eigenvalue weighted by atomic mass is 19.4. The van der Waals surface area contributed by atoms with Gasteiger partial charge < -0.3 is 19.7 Å². The monoisotopic (exact) mass is 483 g/mol. The van der Waals surface area contributed by atoms with E-state index in [2.05, 4.69) is 15.0 Å². The van der Waals surface area contributed by atoms with Crippen LogP contribution in [-0.2, 0) is 9.53 Å². The molecule has 0 radical (unpaired) electrons. The molecule has 2 heterocycles. The molecule has 2 amide bonds. The van der Waals surface area contributed by atoms with Gasteiger partial charge in [0.05, 0.1) is 18.0 Å². The molecule has 7 nitrogen and oxygen atoms in total. The number of carbonyl (C=O) groups excluding carboxylic acids is 2. The van der Waals surface area contributed by atoms with E-state index in [4.69, 9.17) is 4.74 Å². The Balaban J connectivity index is 1.51. The molecule has 1 saturated carbocycles. The van der Waals surface area contributed by atoms with Crippen LogP contribution in [0.5, 0.6) is 5.88 Å². The lowest BCUT2D eigenvalue weighted by molar-refractivity contribution is -0.308. The Morgan fingerprint density at radius 2 is 1.73 bits per heavy atom. The number of aromatic nitrogens is 1. The van der Waals surface area contributed by atoms with Crippen LogP contribution in [-0.4, -0.2) is 59.5 Å². The van der Waals surface area contributed by atoms with E-state index in [0.717, 1.165) is 4.90 Å². The summed E-state index contributed by atoms with van der Waals surface area (Å²) in [6.07, 6.45) is -15.0. The number of likely N-dealkylation sites (tertiary alicyclic amines) is 1. The average Bonchev–Trinajstić information content (AvgIpc) is 3.39. The maximum atomic E-state index is 12.6. The smallest absolute Gasteiger partial charge is 0.434 e. The minimum absolute atomic E-state index is 0.0553. The van der Waals surface area contributed by atoms with Crippen molar-refractivity contribution in [1.82, 2.24) is 9.88 Å². The molecule has 13 heteroatoms. The van der Waals surface area contributed by atoms with Gasteiger partial charge >= 0.3 is 18.4 Å². The Bertz CT molecular complexity index is 850.